The van der Waals surface area contributed by atoms with E-state index >= 15 is 0 Å². The van der Waals surface area contributed by atoms with Crippen LogP contribution in [0.25, 0.3) is 22.2 Å². The summed E-state index contributed by atoms with van der Waals surface area (Å²) in [6, 6.07) is 13.5. The summed E-state index contributed by atoms with van der Waals surface area (Å²) in [5.74, 6) is -0.0520. The summed E-state index contributed by atoms with van der Waals surface area (Å²) in [4.78, 5) is 16.8. The number of aromatic nitrogens is 1. The summed E-state index contributed by atoms with van der Waals surface area (Å²) in [7, 11) is 0. The van der Waals surface area contributed by atoms with Crippen molar-refractivity contribution in [3.05, 3.63) is 59.4 Å². The summed E-state index contributed by atoms with van der Waals surface area (Å²) < 4.78 is 13.2. The van der Waals surface area contributed by atoms with Crippen LogP contribution < -0.4 is 5.32 Å². The highest BCUT2D eigenvalue weighted by molar-refractivity contribution is 5.90. The van der Waals surface area contributed by atoms with Crippen molar-refractivity contribution in [1.29, 1.82) is 0 Å². The van der Waals surface area contributed by atoms with E-state index in [0.29, 0.717) is 6.04 Å². The molecule has 0 aliphatic carbocycles. The van der Waals surface area contributed by atoms with Gasteiger partial charge in [-0.05, 0) is 72.9 Å². The van der Waals surface area contributed by atoms with Gasteiger partial charge in [0.05, 0.1) is 0 Å². The number of nitrogens with zero attached hydrogens (tertiary/aromatic N) is 1. The average Bonchev–Trinajstić information content (AvgIpc) is 3.03. The lowest BCUT2D eigenvalue weighted by Crippen LogP contribution is -2.43. The Morgan fingerprint density at radius 1 is 1.18 bits per heavy atom. The number of halogens is 1. The first-order valence-corrected chi connectivity index (χ1v) is 9.87. The van der Waals surface area contributed by atoms with Gasteiger partial charge in [-0.15, -0.1) is 0 Å². The molecule has 0 spiro atoms. The van der Waals surface area contributed by atoms with Crippen LogP contribution in [0.3, 0.4) is 0 Å². The Hall–Kier alpha value is -2.66. The smallest absolute Gasteiger partial charge is 0.219 e. The highest BCUT2D eigenvalue weighted by atomic mass is 19.1. The zero-order valence-corrected chi connectivity index (χ0v) is 16.4. The van der Waals surface area contributed by atoms with Crippen LogP contribution in [0.1, 0.15) is 30.9 Å². The van der Waals surface area contributed by atoms with Crippen molar-refractivity contribution in [3.8, 4) is 11.3 Å². The third-order valence-electron chi connectivity index (χ3n) is 5.79. The number of rotatable bonds is 4. The SMILES string of the molecule is CC(=O)N1CCC(NCc2ccc3[nH]c(-c4ccc(F)cc4)c(C)c3c2)CC1. The lowest BCUT2D eigenvalue weighted by Gasteiger charge is -2.31. The van der Waals surface area contributed by atoms with Gasteiger partial charge in [0.1, 0.15) is 5.82 Å². The Morgan fingerprint density at radius 3 is 2.57 bits per heavy atom. The van der Waals surface area contributed by atoms with E-state index in [1.165, 1.54) is 28.6 Å². The van der Waals surface area contributed by atoms with Crippen LogP contribution in [0, 0.1) is 12.7 Å². The molecule has 4 rings (SSSR count). The first-order chi connectivity index (χ1) is 13.5. The predicted octanol–water partition coefficient (Wildman–Crippen LogP) is 4.38. The van der Waals surface area contributed by atoms with E-state index in [1.807, 2.05) is 17.0 Å². The van der Waals surface area contributed by atoms with Gasteiger partial charge in [0, 0.05) is 49.2 Å². The van der Waals surface area contributed by atoms with Crippen molar-refractivity contribution < 1.29 is 9.18 Å². The Balaban J connectivity index is 1.47. The second kappa shape index (κ2) is 7.76. The van der Waals surface area contributed by atoms with Gasteiger partial charge in [-0.3, -0.25) is 4.79 Å². The number of benzene rings is 2. The monoisotopic (exact) mass is 379 g/mol. The van der Waals surface area contributed by atoms with Gasteiger partial charge < -0.3 is 15.2 Å². The number of H-pyrrole nitrogens is 1. The van der Waals surface area contributed by atoms with Gasteiger partial charge in [0.2, 0.25) is 5.91 Å². The van der Waals surface area contributed by atoms with Crippen LogP contribution >= 0.6 is 0 Å². The van der Waals surface area contributed by atoms with Crippen molar-refractivity contribution in [2.45, 2.75) is 39.3 Å². The summed E-state index contributed by atoms with van der Waals surface area (Å²) in [5.41, 5.74) is 5.55. The summed E-state index contributed by atoms with van der Waals surface area (Å²) in [6.45, 7) is 6.24. The number of aromatic amines is 1. The maximum Gasteiger partial charge on any atom is 0.219 e. The van der Waals surface area contributed by atoms with Crippen molar-refractivity contribution in [2.24, 2.45) is 0 Å². The van der Waals surface area contributed by atoms with E-state index < -0.39 is 0 Å². The fraction of sp³-hybridized carbons (Fsp3) is 0.348. The molecule has 28 heavy (non-hydrogen) atoms. The zero-order chi connectivity index (χ0) is 19.7. The highest BCUT2D eigenvalue weighted by Crippen LogP contribution is 2.30. The van der Waals surface area contributed by atoms with Gasteiger partial charge in [0.25, 0.3) is 0 Å². The molecule has 3 aromatic rings. The van der Waals surface area contributed by atoms with Crippen LogP contribution in [-0.4, -0.2) is 34.9 Å². The van der Waals surface area contributed by atoms with E-state index in [0.717, 1.165) is 49.2 Å². The van der Waals surface area contributed by atoms with E-state index in [9.17, 15) is 9.18 Å². The molecule has 2 N–H and O–H groups in total. The molecular weight excluding hydrogens is 353 g/mol. The van der Waals surface area contributed by atoms with E-state index in [-0.39, 0.29) is 11.7 Å². The van der Waals surface area contributed by atoms with Gasteiger partial charge in [-0.1, -0.05) is 6.07 Å². The lowest BCUT2D eigenvalue weighted by molar-refractivity contribution is -0.129. The largest absolute Gasteiger partial charge is 0.354 e. The summed E-state index contributed by atoms with van der Waals surface area (Å²) in [5, 5.41) is 4.84. The second-order valence-corrected chi connectivity index (χ2v) is 7.67. The number of nitrogens with one attached hydrogen (secondary N) is 2. The standard InChI is InChI=1S/C23H26FN3O/c1-15-21-13-17(14-25-20-9-11-27(12-10-20)16(2)28)3-8-22(21)26-23(15)18-4-6-19(24)7-5-18/h3-8,13,20,25-26H,9-12,14H2,1-2H3. The molecule has 1 aliphatic heterocycles. The van der Waals surface area contributed by atoms with Crippen LogP contribution in [0.4, 0.5) is 4.39 Å². The quantitative estimate of drug-likeness (QED) is 0.707. The summed E-state index contributed by atoms with van der Waals surface area (Å²) in [6.07, 6.45) is 2.00. The van der Waals surface area contributed by atoms with Crippen molar-refractivity contribution in [2.75, 3.05) is 13.1 Å². The molecule has 0 atom stereocenters. The number of carbonyl (C=O) groups is 1. The normalized spacial score (nSPS) is 15.3. The van der Waals surface area contributed by atoms with E-state index in [2.05, 4.69) is 35.4 Å². The zero-order valence-electron chi connectivity index (χ0n) is 16.4. The number of aryl methyl sites for hydroxylation is 1. The number of hydrogen-bond acceptors (Lipinski definition) is 2. The molecule has 1 aromatic heterocycles. The number of hydrogen-bond donors (Lipinski definition) is 2. The molecule has 2 heterocycles. The lowest BCUT2D eigenvalue weighted by atomic mass is 10.0. The molecular formula is C23H26FN3O. The minimum absolute atomic E-state index is 0.170. The Bertz CT molecular complexity index is 985. The molecule has 5 heteroatoms. The fourth-order valence-electron chi connectivity index (χ4n) is 4.05. The molecule has 0 bridgehead atoms. The second-order valence-electron chi connectivity index (χ2n) is 7.67. The maximum atomic E-state index is 13.2. The van der Waals surface area contributed by atoms with Crippen LogP contribution in [-0.2, 0) is 11.3 Å². The number of carbonyl (C=O) groups excluding carboxylic acids is 1. The molecule has 1 amide bonds. The first kappa shape index (κ1) is 18.7. The Kier molecular flexibility index (Phi) is 5.18. The van der Waals surface area contributed by atoms with E-state index in [4.69, 9.17) is 0 Å². The molecule has 146 valence electrons. The Morgan fingerprint density at radius 2 is 1.89 bits per heavy atom. The molecule has 4 nitrogen and oxygen atoms in total. The maximum absolute atomic E-state index is 13.2. The number of amides is 1. The molecule has 0 saturated carbocycles. The topological polar surface area (TPSA) is 48.1 Å². The van der Waals surface area contributed by atoms with Crippen LogP contribution in [0.5, 0.6) is 0 Å². The highest BCUT2D eigenvalue weighted by Gasteiger charge is 2.20. The van der Waals surface area contributed by atoms with Crippen LogP contribution in [0.15, 0.2) is 42.5 Å². The number of likely N-dealkylation sites (tertiary alicyclic amines) is 1. The third-order valence-corrected chi connectivity index (χ3v) is 5.79. The molecule has 1 saturated heterocycles. The van der Waals surface area contributed by atoms with Crippen molar-refractivity contribution >= 4 is 16.8 Å². The van der Waals surface area contributed by atoms with Crippen molar-refractivity contribution in [1.82, 2.24) is 15.2 Å². The van der Waals surface area contributed by atoms with Gasteiger partial charge in [-0.2, -0.15) is 0 Å². The van der Waals surface area contributed by atoms with Gasteiger partial charge in [-0.25, -0.2) is 4.39 Å². The minimum Gasteiger partial charge on any atom is -0.354 e. The van der Waals surface area contributed by atoms with Gasteiger partial charge >= 0.3 is 0 Å². The van der Waals surface area contributed by atoms with Crippen LogP contribution in [0.2, 0.25) is 0 Å². The predicted molar refractivity (Wildman–Crippen MR) is 111 cm³/mol. The minimum atomic E-state index is -0.222. The molecule has 2 aromatic carbocycles. The molecule has 0 unspecified atom stereocenters. The third kappa shape index (κ3) is 3.80. The first-order valence-electron chi connectivity index (χ1n) is 9.87. The Labute approximate surface area is 164 Å². The summed E-state index contributed by atoms with van der Waals surface area (Å²) >= 11 is 0. The number of fused-ring (bicyclic) bond motifs is 1. The molecule has 0 radical (unpaired) electrons. The average molecular weight is 379 g/mol. The van der Waals surface area contributed by atoms with E-state index in [1.54, 1.807) is 6.92 Å². The molecule has 1 aliphatic rings. The van der Waals surface area contributed by atoms with Crippen molar-refractivity contribution in [3.63, 3.8) is 0 Å². The number of piperidine rings is 1. The fourth-order valence-corrected chi connectivity index (χ4v) is 4.05. The van der Waals surface area contributed by atoms with Gasteiger partial charge in [0.15, 0.2) is 0 Å². The molecule has 1 fully saturated rings.